The monoisotopic (exact) mass is 333 g/mol. The lowest BCUT2D eigenvalue weighted by Gasteiger charge is -2.08. The fraction of sp³-hybridized carbons (Fsp3) is 0.188. The van der Waals surface area contributed by atoms with E-state index in [-0.39, 0.29) is 11.4 Å². The number of sulfonamides is 1. The highest BCUT2D eigenvalue weighted by Crippen LogP contribution is 2.15. The van der Waals surface area contributed by atoms with Crippen molar-refractivity contribution in [1.29, 1.82) is 0 Å². The van der Waals surface area contributed by atoms with E-state index in [1.807, 2.05) is 18.2 Å². The van der Waals surface area contributed by atoms with Gasteiger partial charge < -0.3 is 4.98 Å². The Balaban J connectivity index is 1.67. The third-order valence-electron chi connectivity index (χ3n) is 3.63. The summed E-state index contributed by atoms with van der Waals surface area (Å²) < 4.78 is 40.2. The number of fused-ring (bicyclic) bond motifs is 1. The highest BCUT2D eigenvalue weighted by atomic mass is 32.2. The second kappa shape index (κ2) is 6.10. The van der Waals surface area contributed by atoms with Crippen LogP contribution in [0.5, 0.6) is 0 Å². The molecule has 1 aromatic heterocycles. The minimum absolute atomic E-state index is 0.0698. The molecule has 0 saturated carbocycles. The van der Waals surface area contributed by atoms with Gasteiger partial charge in [-0.05, 0) is 54.8 Å². The van der Waals surface area contributed by atoms with Gasteiger partial charge in [0.05, 0.1) is 22.3 Å². The fourth-order valence-corrected chi connectivity index (χ4v) is 3.45. The molecular weight excluding hydrogens is 317 g/mol. The lowest BCUT2D eigenvalue weighted by Crippen LogP contribution is -2.26. The smallest absolute Gasteiger partial charge is 0.240 e. The number of halogens is 1. The summed E-state index contributed by atoms with van der Waals surface area (Å²) in [7, 11) is -3.64. The zero-order chi connectivity index (χ0) is 16.4. The van der Waals surface area contributed by atoms with Crippen LogP contribution in [-0.2, 0) is 16.4 Å². The van der Waals surface area contributed by atoms with E-state index in [0.717, 1.165) is 22.7 Å². The van der Waals surface area contributed by atoms with Gasteiger partial charge in [0, 0.05) is 6.54 Å². The Labute approximate surface area is 133 Å². The molecule has 5 nitrogen and oxygen atoms in total. The molecule has 0 unspecified atom stereocenters. The Bertz CT molecular complexity index is 951. The molecule has 1 heterocycles. The van der Waals surface area contributed by atoms with Gasteiger partial charge in [0.2, 0.25) is 10.0 Å². The number of hydrogen-bond donors (Lipinski definition) is 2. The number of nitrogens with one attached hydrogen (secondary N) is 2. The molecule has 0 bridgehead atoms. The van der Waals surface area contributed by atoms with Crippen molar-refractivity contribution in [2.24, 2.45) is 0 Å². The number of H-pyrrole nitrogens is 1. The van der Waals surface area contributed by atoms with Gasteiger partial charge in [-0.1, -0.05) is 6.07 Å². The lowest BCUT2D eigenvalue weighted by molar-refractivity contribution is 0.580. The van der Waals surface area contributed by atoms with E-state index in [4.69, 9.17) is 0 Å². The van der Waals surface area contributed by atoms with E-state index in [9.17, 15) is 12.8 Å². The zero-order valence-electron chi connectivity index (χ0n) is 12.5. The lowest BCUT2D eigenvalue weighted by atomic mass is 10.1. The number of nitrogens with zero attached hydrogens (tertiary/aromatic N) is 1. The van der Waals surface area contributed by atoms with Crippen LogP contribution in [0.4, 0.5) is 4.39 Å². The molecule has 0 saturated heterocycles. The Morgan fingerprint density at radius 1 is 1.22 bits per heavy atom. The topological polar surface area (TPSA) is 74.8 Å². The average Bonchev–Trinajstić information content (AvgIpc) is 2.97. The standard InChI is InChI=1S/C16H16FN3O2S/c1-11-8-13(3-4-14(11)17)23(21,22)20-7-6-12-2-5-15-16(9-12)19-10-18-15/h2-5,8-10,20H,6-7H2,1H3,(H,18,19). The molecule has 3 rings (SSSR count). The van der Waals surface area contributed by atoms with Crippen molar-refractivity contribution >= 4 is 21.1 Å². The summed E-state index contributed by atoms with van der Waals surface area (Å²) in [6, 6.07) is 9.50. The molecule has 23 heavy (non-hydrogen) atoms. The molecule has 7 heteroatoms. The van der Waals surface area contributed by atoms with Gasteiger partial charge in [-0.2, -0.15) is 0 Å². The summed E-state index contributed by atoms with van der Waals surface area (Å²) in [4.78, 5) is 7.23. The minimum atomic E-state index is -3.64. The summed E-state index contributed by atoms with van der Waals surface area (Å²) in [5.74, 6) is -0.420. The first-order valence-electron chi connectivity index (χ1n) is 7.13. The highest BCUT2D eigenvalue weighted by molar-refractivity contribution is 7.89. The van der Waals surface area contributed by atoms with Crippen molar-refractivity contribution in [3.8, 4) is 0 Å². The number of aromatic nitrogens is 2. The van der Waals surface area contributed by atoms with Crippen LogP contribution in [0.3, 0.4) is 0 Å². The SMILES string of the molecule is Cc1cc(S(=O)(=O)NCCc2ccc3nc[nH]c3c2)ccc1F. The molecule has 0 amide bonds. The summed E-state index contributed by atoms with van der Waals surface area (Å²) in [6.07, 6.45) is 2.17. The van der Waals surface area contributed by atoms with E-state index < -0.39 is 15.8 Å². The van der Waals surface area contributed by atoms with Crippen LogP contribution in [0, 0.1) is 12.7 Å². The van der Waals surface area contributed by atoms with Gasteiger partial charge in [0.15, 0.2) is 0 Å². The van der Waals surface area contributed by atoms with Crippen molar-refractivity contribution in [2.75, 3.05) is 6.54 Å². The Kier molecular flexibility index (Phi) is 4.14. The maximum atomic E-state index is 13.2. The van der Waals surface area contributed by atoms with Crippen molar-refractivity contribution in [1.82, 2.24) is 14.7 Å². The molecule has 0 spiro atoms. The largest absolute Gasteiger partial charge is 0.345 e. The quantitative estimate of drug-likeness (QED) is 0.753. The number of hydrogen-bond acceptors (Lipinski definition) is 3. The van der Waals surface area contributed by atoms with E-state index >= 15 is 0 Å². The molecule has 0 aliphatic rings. The predicted molar refractivity (Wildman–Crippen MR) is 86.1 cm³/mol. The second-order valence-corrected chi connectivity index (χ2v) is 7.08. The van der Waals surface area contributed by atoms with E-state index in [2.05, 4.69) is 14.7 Å². The van der Waals surface area contributed by atoms with Crippen LogP contribution in [0.15, 0.2) is 47.6 Å². The van der Waals surface area contributed by atoms with E-state index in [1.165, 1.54) is 19.1 Å². The maximum Gasteiger partial charge on any atom is 0.240 e. The number of imidazole rings is 1. The van der Waals surface area contributed by atoms with Crippen LogP contribution in [0.25, 0.3) is 11.0 Å². The fourth-order valence-electron chi connectivity index (χ4n) is 2.34. The molecule has 0 aliphatic carbocycles. The van der Waals surface area contributed by atoms with Crippen molar-refractivity contribution in [3.63, 3.8) is 0 Å². The molecular formula is C16H16FN3O2S. The first-order chi connectivity index (χ1) is 11.0. The Morgan fingerprint density at radius 3 is 2.83 bits per heavy atom. The first kappa shape index (κ1) is 15.6. The van der Waals surface area contributed by atoms with Crippen LogP contribution < -0.4 is 4.72 Å². The van der Waals surface area contributed by atoms with Crippen LogP contribution in [-0.4, -0.2) is 24.9 Å². The number of rotatable bonds is 5. The molecule has 0 aliphatic heterocycles. The maximum absolute atomic E-state index is 13.2. The summed E-state index contributed by atoms with van der Waals surface area (Å²) in [5, 5.41) is 0. The second-order valence-electron chi connectivity index (χ2n) is 5.31. The summed E-state index contributed by atoms with van der Waals surface area (Å²) in [5.41, 5.74) is 3.09. The molecule has 2 aromatic carbocycles. The Morgan fingerprint density at radius 2 is 2.04 bits per heavy atom. The minimum Gasteiger partial charge on any atom is -0.345 e. The van der Waals surface area contributed by atoms with Crippen LogP contribution in [0.1, 0.15) is 11.1 Å². The van der Waals surface area contributed by atoms with Gasteiger partial charge in [0.1, 0.15) is 5.82 Å². The summed E-state index contributed by atoms with van der Waals surface area (Å²) >= 11 is 0. The van der Waals surface area contributed by atoms with Gasteiger partial charge in [-0.25, -0.2) is 22.5 Å². The van der Waals surface area contributed by atoms with Gasteiger partial charge in [0.25, 0.3) is 0 Å². The molecule has 0 fully saturated rings. The van der Waals surface area contributed by atoms with Gasteiger partial charge in [-0.3, -0.25) is 0 Å². The van der Waals surface area contributed by atoms with Crippen LogP contribution in [0.2, 0.25) is 0 Å². The molecule has 0 radical (unpaired) electrons. The Hall–Kier alpha value is -2.25. The highest BCUT2D eigenvalue weighted by Gasteiger charge is 2.14. The van der Waals surface area contributed by atoms with E-state index in [0.29, 0.717) is 12.0 Å². The molecule has 2 N–H and O–H groups in total. The molecule has 3 aromatic rings. The van der Waals surface area contributed by atoms with Gasteiger partial charge in [-0.15, -0.1) is 0 Å². The van der Waals surface area contributed by atoms with E-state index in [1.54, 1.807) is 6.33 Å². The molecule has 120 valence electrons. The van der Waals surface area contributed by atoms with Crippen molar-refractivity contribution in [2.45, 2.75) is 18.2 Å². The first-order valence-corrected chi connectivity index (χ1v) is 8.62. The third-order valence-corrected chi connectivity index (χ3v) is 5.09. The van der Waals surface area contributed by atoms with Gasteiger partial charge >= 0.3 is 0 Å². The average molecular weight is 333 g/mol. The van der Waals surface area contributed by atoms with Crippen molar-refractivity contribution in [3.05, 3.63) is 59.7 Å². The zero-order valence-corrected chi connectivity index (χ0v) is 13.3. The van der Waals surface area contributed by atoms with Crippen molar-refractivity contribution < 1.29 is 12.8 Å². The molecule has 0 atom stereocenters. The number of aromatic amines is 1. The number of benzene rings is 2. The summed E-state index contributed by atoms with van der Waals surface area (Å²) in [6.45, 7) is 1.80. The predicted octanol–water partition coefficient (Wildman–Crippen LogP) is 2.53. The normalized spacial score (nSPS) is 11.9. The van der Waals surface area contributed by atoms with Crippen LogP contribution >= 0.6 is 0 Å². The number of aryl methyl sites for hydroxylation is 1. The third kappa shape index (κ3) is 3.40.